The van der Waals surface area contributed by atoms with Gasteiger partial charge in [0.1, 0.15) is 0 Å². The molecule has 0 spiro atoms. The van der Waals surface area contributed by atoms with Crippen LogP contribution in [0.4, 0.5) is 0 Å². The largest absolute Gasteiger partial charge is 0.294 e. The van der Waals surface area contributed by atoms with Crippen molar-refractivity contribution in [2.75, 3.05) is 0 Å². The van der Waals surface area contributed by atoms with Gasteiger partial charge in [0.15, 0.2) is 5.78 Å². The fourth-order valence-electron chi connectivity index (χ4n) is 3.38. The summed E-state index contributed by atoms with van der Waals surface area (Å²) in [6.45, 7) is 2.14. The van der Waals surface area contributed by atoms with Gasteiger partial charge in [-0.3, -0.25) is 4.79 Å². The molecule has 0 atom stereocenters. The van der Waals surface area contributed by atoms with Gasteiger partial charge in [0, 0.05) is 11.0 Å². The molecule has 2 aliphatic carbocycles. The van der Waals surface area contributed by atoms with Crippen LogP contribution in [0.2, 0.25) is 0 Å². The minimum Gasteiger partial charge on any atom is -0.294 e. The van der Waals surface area contributed by atoms with Crippen molar-refractivity contribution in [3.63, 3.8) is 0 Å². The molecule has 0 N–H and O–H groups in total. The molecule has 0 amide bonds. The average molecular weight is 242 g/mol. The molecule has 2 fully saturated rings. The highest BCUT2D eigenvalue weighted by molar-refractivity contribution is 6.00. The average Bonchev–Trinajstić information content (AvgIpc) is 2.75. The number of ketones is 1. The van der Waals surface area contributed by atoms with Crippen LogP contribution in [-0.2, 0) is 0 Å². The van der Waals surface area contributed by atoms with Crippen molar-refractivity contribution in [1.82, 2.24) is 0 Å². The predicted octanol–water partition coefficient (Wildman–Crippen LogP) is 4.72. The van der Waals surface area contributed by atoms with Crippen LogP contribution in [0.5, 0.6) is 0 Å². The van der Waals surface area contributed by atoms with Crippen molar-refractivity contribution < 1.29 is 4.79 Å². The highest BCUT2D eigenvalue weighted by Gasteiger charge is 2.36. The quantitative estimate of drug-likeness (QED) is 0.701. The number of carbonyl (C=O) groups is 1. The van der Waals surface area contributed by atoms with Gasteiger partial charge < -0.3 is 0 Å². The summed E-state index contributed by atoms with van der Waals surface area (Å²) < 4.78 is 0. The van der Waals surface area contributed by atoms with Crippen LogP contribution in [0.15, 0.2) is 24.3 Å². The van der Waals surface area contributed by atoms with E-state index in [1.54, 1.807) is 0 Å². The highest BCUT2D eigenvalue weighted by Crippen LogP contribution is 2.41. The third-order valence-electron chi connectivity index (χ3n) is 5.00. The molecule has 0 bridgehead atoms. The number of carbonyl (C=O) groups excluding carboxylic acids is 1. The van der Waals surface area contributed by atoms with E-state index in [0.29, 0.717) is 5.78 Å². The summed E-state index contributed by atoms with van der Waals surface area (Å²) in [5.41, 5.74) is 2.26. The van der Waals surface area contributed by atoms with E-state index >= 15 is 0 Å². The van der Waals surface area contributed by atoms with E-state index in [0.717, 1.165) is 24.3 Å². The van der Waals surface area contributed by atoms with Crippen LogP contribution < -0.4 is 0 Å². The van der Waals surface area contributed by atoms with Gasteiger partial charge in [-0.25, -0.2) is 0 Å². The number of hydrogen-bond acceptors (Lipinski definition) is 1. The predicted molar refractivity (Wildman–Crippen MR) is 73.9 cm³/mol. The first-order chi connectivity index (χ1) is 8.69. The summed E-state index contributed by atoms with van der Waals surface area (Å²) in [4.78, 5) is 12.5. The lowest BCUT2D eigenvalue weighted by atomic mass is 9.78. The number of rotatable bonds is 3. The van der Waals surface area contributed by atoms with Crippen molar-refractivity contribution in [3.05, 3.63) is 35.4 Å². The number of Topliss-reactive ketones (excluding diaryl/α,β-unsaturated/α-hetero) is 1. The molecule has 1 nitrogen and oxygen atoms in total. The highest BCUT2D eigenvalue weighted by atomic mass is 16.1. The molecule has 0 aromatic heterocycles. The van der Waals surface area contributed by atoms with Gasteiger partial charge in [0.25, 0.3) is 0 Å². The SMILES string of the molecule is CC1(C(=O)c2ccc(C3CCC3)cc2)CCCC1. The summed E-state index contributed by atoms with van der Waals surface area (Å²) in [6.07, 6.45) is 8.57. The number of benzene rings is 1. The van der Waals surface area contributed by atoms with E-state index in [2.05, 4.69) is 31.2 Å². The van der Waals surface area contributed by atoms with Gasteiger partial charge in [0.2, 0.25) is 0 Å². The Kier molecular flexibility index (Phi) is 3.01. The first-order valence-electron chi connectivity index (χ1n) is 7.34. The van der Waals surface area contributed by atoms with Gasteiger partial charge in [-0.05, 0) is 37.2 Å². The molecule has 1 aromatic carbocycles. The van der Waals surface area contributed by atoms with Gasteiger partial charge in [-0.1, -0.05) is 50.5 Å². The van der Waals surface area contributed by atoms with Crippen molar-refractivity contribution in [3.8, 4) is 0 Å². The maximum atomic E-state index is 12.5. The minimum absolute atomic E-state index is 0.0853. The molecule has 0 saturated heterocycles. The molecule has 18 heavy (non-hydrogen) atoms. The first-order valence-corrected chi connectivity index (χ1v) is 7.34. The van der Waals surface area contributed by atoms with Crippen molar-refractivity contribution >= 4 is 5.78 Å². The van der Waals surface area contributed by atoms with Crippen molar-refractivity contribution in [2.45, 2.75) is 57.8 Å². The topological polar surface area (TPSA) is 17.1 Å². The Morgan fingerprint density at radius 1 is 1.06 bits per heavy atom. The molecule has 1 heteroatoms. The van der Waals surface area contributed by atoms with E-state index in [-0.39, 0.29) is 5.41 Å². The summed E-state index contributed by atoms with van der Waals surface area (Å²) in [5.74, 6) is 1.12. The fourth-order valence-corrected chi connectivity index (χ4v) is 3.38. The molecule has 0 unspecified atom stereocenters. The summed E-state index contributed by atoms with van der Waals surface area (Å²) in [7, 11) is 0. The Bertz CT molecular complexity index is 433. The lowest BCUT2D eigenvalue weighted by Gasteiger charge is -2.26. The smallest absolute Gasteiger partial charge is 0.168 e. The van der Waals surface area contributed by atoms with Crippen LogP contribution in [0.3, 0.4) is 0 Å². The van der Waals surface area contributed by atoms with Crippen LogP contribution in [-0.4, -0.2) is 5.78 Å². The Balaban J connectivity index is 1.77. The van der Waals surface area contributed by atoms with E-state index in [4.69, 9.17) is 0 Å². The molecule has 0 radical (unpaired) electrons. The molecular formula is C17H22O. The second kappa shape index (κ2) is 4.53. The van der Waals surface area contributed by atoms with Crippen LogP contribution in [0.1, 0.15) is 73.7 Å². The third kappa shape index (κ3) is 2.00. The normalized spacial score (nSPS) is 22.7. The van der Waals surface area contributed by atoms with Crippen molar-refractivity contribution in [1.29, 1.82) is 0 Å². The van der Waals surface area contributed by atoms with Gasteiger partial charge in [-0.15, -0.1) is 0 Å². The number of hydrogen-bond donors (Lipinski definition) is 0. The Morgan fingerprint density at radius 2 is 1.67 bits per heavy atom. The minimum atomic E-state index is -0.0853. The monoisotopic (exact) mass is 242 g/mol. The molecule has 96 valence electrons. The van der Waals surface area contributed by atoms with E-state index in [9.17, 15) is 4.79 Å². The molecule has 2 saturated carbocycles. The Labute approximate surface area is 110 Å². The molecule has 2 aliphatic rings. The summed E-state index contributed by atoms with van der Waals surface area (Å²) >= 11 is 0. The third-order valence-corrected chi connectivity index (χ3v) is 5.00. The Morgan fingerprint density at radius 3 is 2.17 bits per heavy atom. The maximum Gasteiger partial charge on any atom is 0.168 e. The zero-order valence-electron chi connectivity index (χ0n) is 11.2. The van der Waals surface area contributed by atoms with E-state index in [1.165, 1.54) is 37.7 Å². The molecule has 0 aliphatic heterocycles. The lowest BCUT2D eigenvalue weighted by molar-refractivity contribution is 0.0823. The van der Waals surface area contributed by atoms with E-state index in [1.807, 2.05) is 0 Å². The first kappa shape index (κ1) is 12.0. The molecule has 3 rings (SSSR count). The van der Waals surface area contributed by atoms with Crippen LogP contribution in [0, 0.1) is 5.41 Å². The zero-order valence-corrected chi connectivity index (χ0v) is 11.2. The molecule has 1 aromatic rings. The fraction of sp³-hybridized carbons (Fsp3) is 0.588. The van der Waals surface area contributed by atoms with Gasteiger partial charge in [0.05, 0.1) is 0 Å². The van der Waals surface area contributed by atoms with Crippen LogP contribution in [0.25, 0.3) is 0 Å². The Hall–Kier alpha value is -1.11. The molecule has 0 heterocycles. The summed E-state index contributed by atoms with van der Waals surface area (Å²) in [5, 5.41) is 0. The van der Waals surface area contributed by atoms with Gasteiger partial charge in [-0.2, -0.15) is 0 Å². The van der Waals surface area contributed by atoms with Crippen molar-refractivity contribution in [2.24, 2.45) is 5.41 Å². The van der Waals surface area contributed by atoms with Gasteiger partial charge >= 0.3 is 0 Å². The second-order valence-electron chi connectivity index (χ2n) is 6.35. The maximum absolute atomic E-state index is 12.5. The second-order valence-corrected chi connectivity index (χ2v) is 6.35. The standard InChI is InChI=1S/C17H22O/c1-17(11-2-3-12-17)16(18)15-9-7-14(8-10-15)13-5-4-6-13/h7-10,13H,2-6,11-12H2,1H3. The molecular weight excluding hydrogens is 220 g/mol. The lowest BCUT2D eigenvalue weighted by Crippen LogP contribution is -2.24. The van der Waals surface area contributed by atoms with E-state index < -0.39 is 0 Å². The summed E-state index contributed by atoms with van der Waals surface area (Å²) in [6, 6.07) is 8.46. The zero-order chi connectivity index (χ0) is 12.6. The van der Waals surface area contributed by atoms with Crippen LogP contribution >= 0.6 is 0 Å².